The van der Waals surface area contributed by atoms with Crippen LogP contribution in [0, 0.1) is 0 Å². The molecule has 0 atom stereocenters. The van der Waals surface area contributed by atoms with Crippen molar-refractivity contribution in [2.75, 3.05) is 0 Å². The average molecular weight is 313 g/mol. The van der Waals surface area contributed by atoms with Gasteiger partial charge in [0.2, 0.25) is 0 Å². The largest absolute Gasteiger partial charge is 0.460 e. The van der Waals surface area contributed by atoms with Crippen molar-refractivity contribution in [1.82, 2.24) is 5.32 Å². The van der Waals surface area contributed by atoms with Crippen LogP contribution in [-0.2, 0) is 13.1 Å². The highest BCUT2D eigenvalue weighted by atomic mass is 16.3. The fraction of sp³-hybridized carbons (Fsp3) is 0.0909. The quantitative estimate of drug-likeness (QED) is 0.534. The van der Waals surface area contributed by atoms with Crippen LogP contribution in [0.2, 0.25) is 0 Å². The number of hydrogen-bond donors (Lipinski definition) is 1. The Kier molecular flexibility index (Phi) is 4.13. The van der Waals surface area contributed by atoms with Crippen molar-refractivity contribution < 1.29 is 4.42 Å². The molecule has 0 bridgehead atoms. The molecule has 4 rings (SSSR count). The number of fused-ring (bicyclic) bond motifs is 1. The van der Waals surface area contributed by atoms with E-state index in [1.807, 2.05) is 24.3 Å². The third-order valence-electron chi connectivity index (χ3n) is 4.17. The topological polar surface area (TPSA) is 25.2 Å². The summed E-state index contributed by atoms with van der Waals surface area (Å²) in [5.41, 5.74) is 4.71. The smallest absolute Gasteiger partial charge is 0.134 e. The maximum Gasteiger partial charge on any atom is 0.134 e. The van der Waals surface area contributed by atoms with Crippen molar-refractivity contribution in [3.63, 3.8) is 0 Å². The molecule has 0 saturated carbocycles. The molecular formula is C22H19NO. The van der Waals surface area contributed by atoms with Gasteiger partial charge in [-0.15, -0.1) is 0 Å². The van der Waals surface area contributed by atoms with Gasteiger partial charge in [0.05, 0.1) is 6.54 Å². The molecule has 0 amide bonds. The number of furan rings is 1. The van der Waals surface area contributed by atoms with Crippen molar-refractivity contribution in [3.05, 3.63) is 96.3 Å². The van der Waals surface area contributed by atoms with Gasteiger partial charge in [0.25, 0.3) is 0 Å². The van der Waals surface area contributed by atoms with Crippen LogP contribution in [0.15, 0.2) is 89.3 Å². The normalized spacial score (nSPS) is 11.0. The predicted octanol–water partition coefficient (Wildman–Crippen LogP) is 5.39. The Morgan fingerprint density at radius 1 is 0.667 bits per heavy atom. The van der Waals surface area contributed by atoms with Gasteiger partial charge in [-0.05, 0) is 28.8 Å². The molecule has 2 nitrogen and oxygen atoms in total. The third kappa shape index (κ3) is 3.24. The van der Waals surface area contributed by atoms with Crippen molar-refractivity contribution in [2.24, 2.45) is 0 Å². The fourth-order valence-electron chi connectivity index (χ4n) is 2.90. The SMILES string of the molecule is c1ccc(-c2ccc(CNCc3cc4ccccc4o3)cc2)cc1. The number of rotatable bonds is 5. The first-order valence-corrected chi connectivity index (χ1v) is 8.21. The van der Waals surface area contributed by atoms with E-state index >= 15 is 0 Å². The number of nitrogens with one attached hydrogen (secondary N) is 1. The zero-order valence-corrected chi connectivity index (χ0v) is 13.4. The minimum Gasteiger partial charge on any atom is -0.460 e. The molecule has 3 aromatic carbocycles. The van der Waals surface area contributed by atoms with Crippen LogP contribution in [0.25, 0.3) is 22.1 Å². The molecule has 1 heterocycles. The summed E-state index contributed by atoms with van der Waals surface area (Å²) < 4.78 is 5.82. The molecule has 0 spiro atoms. The Hall–Kier alpha value is -2.84. The van der Waals surface area contributed by atoms with Crippen LogP contribution in [0.4, 0.5) is 0 Å². The standard InChI is InChI=1S/C22H19NO/c1-2-6-18(7-3-1)19-12-10-17(11-13-19)15-23-16-21-14-20-8-4-5-9-22(20)24-21/h1-14,23H,15-16H2. The van der Waals surface area contributed by atoms with E-state index in [9.17, 15) is 0 Å². The van der Waals surface area contributed by atoms with Gasteiger partial charge in [-0.1, -0.05) is 72.8 Å². The molecule has 1 N–H and O–H groups in total. The van der Waals surface area contributed by atoms with E-state index in [-0.39, 0.29) is 0 Å². The maximum atomic E-state index is 5.82. The van der Waals surface area contributed by atoms with Crippen LogP contribution in [0.5, 0.6) is 0 Å². The summed E-state index contributed by atoms with van der Waals surface area (Å²) in [5.74, 6) is 0.970. The zero-order chi connectivity index (χ0) is 16.2. The van der Waals surface area contributed by atoms with Gasteiger partial charge in [0, 0.05) is 11.9 Å². The number of hydrogen-bond acceptors (Lipinski definition) is 2. The van der Waals surface area contributed by atoms with Gasteiger partial charge in [0.1, 0.15) is 11.3 Å². The molecule has 0 aliphatic heterocycles. The summed E-state index contributed by atoms with van der Waals surface area (Å²) in [7, 11) is 0. The Bertz CT molecular complexity index is 890. The molecule has 0 radical (unpaired) electrons. The highest BCUT2D eigenvalue weighted by molar-refractivity contribution is 5.77. The lowest BCUT2D eigenvalue weighted by molar-refractivity contribution is 0.514. The first kappa shape index (κ1) is 14.7. The maximum absolute atomic E-state index is 5.82. The van der Waals surface area contributed by atoms with E-state index in [0.717, 1.165) is 29.8 Å². The predicted molar refractivity (Wildman–Crippen MR) is 98.6 cm³/mol. The third-order valence-corrected chi connectivity index (χ3v) is 4.17. The Morgan fingerprint density at radius 2 is 1.38 bits per heavy atom. The minimum atomic E-state index is 0.731. The van der Waals surface area contributed by atoms with Gasteiger partial charge in [-0.3, -0.25) is 0 Å². The average Bonchev–Trinajstić information content (AvgIpc) is 3.06. The fourth-order valence-corrected chi connectivity index (χ4v) is 2.90. The molecule has 4 aromatic rings. The van der Waals surface area contributed by atoms with Gasteiger partial charge in [0.15, 0.2) is 0 Å². The van der Waals surface area contributed by atoms with E-state index in [2.05, 4.69) is 66.0 Å². The summed E-state index contributed by atoms with van der Waals surface area (Å²) in [6, 6.07) is 29.3. The summed E-state index contributed by atoms with van der Waals surface area (Å²) in [6.07, 6.45) is 0. The first-order chi connectivity index (χ1) is 11.9. The van der Waals surface area contributed by atoms with Gasteiger partial charge >= 0.3 is 0 Å². The van der Waals surface area contributed by atoms with Gasteiger partial charge < -0.3 is 9.73 Å². The molecule has 2 heteroatoms. The molecule has 0 saturated heterocycles. The Balaban J connectivity index is 1.37. The minimum absolute atomic E-state index is 0.731. The lowest BCUT2D eigenvalue weighted by Gasteiger charge is -2.05. The van der Waals surface area contributed by atoms with E-state index < -0.39 is 0 Å². The summed E-state index contributed by atoms with van der Waals surface area (Å²) in [4.78, 5) is 0. The second-order valence-electron chi connectivity index (χ2n) is 5.92. The van der Waals surface area contributed by atoms with Crippen molar-refractivity contribution in [2.45, 2.75) is 13.1 Å². The molecule has 0 fully saturated rings. The Labute approximate surface area is 141 Å². The highest BCUT2D eigenvalue weighted by Crippen LogP contribution is 2.20. The van der Waals surface area contributed by atoms with E-state index in [1.165, 1.54) is 16.7 Å². The second-order valence-corrected chi connectivity index (χ2v) is 5.92. The lowest BCUT2D eigenvalue weighted by atomic mass is 10.0. The van der Waals surface area contributed by atoms with Crippen LogP contribution >= 0.6 is 0 Å². The van der Waals surface area contributed by atoms with Gasteiger partial charge in [-0.25, -0.2) is 0 Å². The second kappa shape index (κ2) is 6.73. The number of para-hydroxylation sites is 1. The van der Waals surface area contributed by atoms with E-state index in [4.69, 9.17) is 4.42 Å². The summed E-state index contributed by atoms with van der Waals surface area (Å²) >= 11 is 0. The van der Waals surface area contributed by atoms with Crippen molar-refractivity contribution in [3.8, 4) is 11.1 Å². The molecule has 24 heavy (non-hydrogen) atoms. The molecule has 0 aliphatic rings. The summed E-state index contributed by atoms with van der Waals surface area (Å²) in [6.45, 7) is 1.56. The number of benzene rings is 3. The molecular weight excluding hydrogens is 294 g/mol. The van der Waals surface area contributed by atoms with E-state index in [1.54, 1.807) is 0 Å². The lowest BCUT2D eigenvalue weighted by Crippen LogP contribution is -2.11. The molecule has 118 valence electrons. The molecule has 0 unspecified atom stereocenters. The van der Waals surface area contributed by atoms with Crippen LogP contribution in [0.3, 0.4) is 0 Å². The van der Waals surface area contributed by atoms with Crippen molar-refractivity contribution in [1.29, 1.82) is 0 Å². The molecule has 1 aromatic heterocycles. The molecule has 0 aliphatic carbocycles. The zero-order valence-electron chi connectivity index (χ0n) is 13.4. The summed E-state index contributed by atoms with van der Waals surface area (Å²) in [5, 5.41) is 4.60. The van der Waals surface area contributed by atoms with Crippen LogP contribution < -0.4 is 5.32 Å². The first-order valence-electron chi connectivity index (χ1n) is 8.21. The monoisotopic (exact) mass is 313 g/mol. The van der Waals surface area contributed by atoms with Crippen LogP contribution in [-0.4, -0.2) is 0 Å². The highest BCUT2D eigenvalue weighted by Gasteiger charge is 2.03. The Morgan fingerprint density at radius 3 is 2.17 bits per heavy atom. The van der Waals surface area contributed by atoms with Crippen LogP contribution in [0.1, 0.15) is 11.3 Å². The van der Waals surface area contributed by atoms with E-state index in [0.29, 0.717) is 0 Å². The van der Waals surface area contributed by atoms with Gasteiger partial charge in [-0.2, -0.15) is 0 Å². The van der Waals surface area contributed by atoms with Crippen molar-refractivity contribution >= 4 is 11.0 Å².